The number of hydrogen-bond acceptors (Lipinski definition) is 7. The Bertz CT molecular complexity index is 1320. The Balaban J connectivity index is 1.67. The highest BCUT2D eigenvalue weighted by Crippen LogP contribution is 2.37. The Morgan fingerprint density at radius 2 is 1.83 bits per heavy atom. The lowest BCUT2D eigenvalue weighted by molar-refractivity contribution is 0.0596. The number of sulfone groups is 1. The van der Waals surface area contributed by atoms with Crippen molar-refractivity contribution >= 4 is 21.9 Å². The maximum absolute atomic E-state index is 13.6. The van der Waals surface area contributed by atoms with Crippen LogP contribution in [-0.2, 0) is 20.3 Å². The Kier molecular flexibility index (Phi) is 8.28. The van der Waals surface area contributed by atoms with E-state index in [0.29, 0.717) is 22.3 Å². The summed E-state index contributed by atoms with van der Waals surface area (Å²) in [5, 5.41) is 0. The first-order valence-electron chi connectivity index (χ1n) is 12.0. The number of benzene rings is 2. The van der Waals surface area contributed by atoms with Gasteiger partial charge in [-0.3, -0.25) is 4.90 Å². The van der Waals surface area contributed by atoms with Crippen LogP contribution in [0.3, 0.4) is 0 Å². The van der Waals surface area contributed by atoms with Gasteiger partial charge in [0.05, 0.1) is 37.4 Å². The molecule has 0 unspecified atom stereocenters. The number of likely N-dealkylation sites (tertiary alicyclic amines) is 1. The normalized spacial score (nSPS) is 14.7. The molecule has 1 aliphatic rings. The fraction of sp³-hybridized carbons (Fsp3) is 0.321. The molecule has 0 aliphatic carbocycles. The molecule has 0 N–H and O–H groups in total. The number of hydrogen-bond donors (Lipinski definition) is 0. The predicted molar refractivity (Wildman–Crippen MR) is 139 cm³/mol. The molecule has 1 fully saturated rings. The van der Waals surface area contributed by atoms with Gasteiger partial charge < -0.3 is 13.9 Å². The predicted octanol–water partition coefficient (Wildman–Crippen LogP) is 5.21. The zero-order chi connectivity index (χ0) is 25.5. The standard InChI is InChI=1S/C28H31NO6S/c1-33-27-24(22-14-18-35-19-22)13-12-23(26(27)28(30)34-2)20-36(31,32)25-11-5-4-9-21(25)10-8-17-29-15-6-3-7-16-29/h4-5,8-14,18-19H,3,6-7,15-17,20H2,1-2H3. The molecule has 2 aromatic carbocycles. The second kappa shape index (κ2) is 11.6. The van der Waals surface area contributed by atoms with Crippen molar-refractivity contribution in [3.05, 3.63) is 77.8 Å². The highest BCUT2D eigenvalue weighted by Gasteiger charge is 2.27. The number of nitrogens with zero attached hydrogens (tertiary/aromatic N) is 1. The van der Waals surface area contributed by atoms with Gasteiger partial charge in [0.1, 0.15) is 11.3 Å². The van der Waals surface area contributed by atoms with Crippen LogP contribution >= 0.6 is 0 Å². The van der Waals surface area contributed by atoms with Crippen molar-refractivity contribution in [3.63, 3.8) is 0 Å². The van der Waals surface area contributed by atoms with E-state index in [4.69, 9.17) is 13.9 Å². The number of carbonyl (C=O) groups is 1. The van der Waals surface area contributed by atoms with Crippen LogP contribution in [0.5, 0.6) is 5.75 Å². The molecule has 1 aromatic heterocycles. The lowest BCUT2D eigenvalue weighted by atomic mass is 9.99. The average Bonchev–Trinajstić information content (AvgIpc) is 3.43. The summed E-state index contributed by atoms with van der Waals surface area (Å²) in [5.41, 5.74) is 2.32. The lowest BCUT2D eigenvalue weighted by Gasteiger charge is -2.24. The monoisotopic (exact) mass is 509 g/mol. The van der Waals surface area contributed by atoms with E-state index < -0.39 is 15.8 Å². The second-order valence-electron chi connectivity index (χ2n) is 8.74. The molecule has 7 nitrogen and oxygen atoms in total. The van der Waals surface area contributed by atoms with Gasteiger partial charge in [-0.05, 0) is 49.2 Å². The van der Waals surface area contributed by atoms with Crippen LogP contribution in [0.15, 0.2) is 70.4 Å². The van der Waals surface area contributed by atoms with Crippen molar-refractivity contribution in [2.24, 2.45) is 0 Å². The molecule has 190 valence electrons. The van der Waals surface area contributed by atoms with E-state index in [0.717, 1.165) is 19.6 Å². The molecule has 3 aromatic rings. The summed E-state index contributed by atoms with van der Waals surface area (Å²) in [6.07, 6.45) is 10.6. The molecule has 4 rings (SSSR count). The first-order valence-corrected chi connectivity index (χ1v) is 13.6. The van der Waals surface area contributed by atoms with Crippen molar-refractivity contribution in [1.82, 2.24) is 4.90 Å². The molecule has 2 heterocycles. The van der Waals surface area contributed by atoms with Gasteiger partial charge in [-0.15, -0.1) is 0 Å². The SMILES string of the molecule is COC(=O)c1c(CS(=O)(=O)c2ccccc2C=CCN2CCCCC2)ccc(-c2ccoc2)c1OC. The zero-order valence-electron chi connectivity index (χ0n) is 20.6. The molecule has 36 heavy (non-hydrogen) atoms. The van der Waals surface area contributed by atoms with Crippen LogP contribution in [0.2, 0.25) is 0 Å². The van der Waals surface area contributed by atoms with E-state index in [1.807, 2.05) is 18.2 Å². The summed E-state index contributed by atoms with van der Waals surface area (Å²) in [6, 6.07) is 12.0. The third-order valence-electron chi connectivity index (χ3n) is 6.38. The van der Waals surface area contributed by atoms with E-state index in [-0.39, 0.29) is 22.0 Å². The Morgan fingerprint density at radius 1 is 1.06 bits per heavy atom. The lowest BCUT2D eigenvalue weighted by Crippen LogP contribution is -2.29. The number of esters is 1. The van der Waals surface area contributed by atoms with Crippen LogP contribution in [-0.4, -0.2) is 53.1 Å². The van der Waals surface area contributed by atoms with Crippen molar-refractivity contribution in [2.45, 2.75) is 29.9 Å². The van der Waals surface area contributed by atoms with Gasteiger partial charge >= 0.3 is 5.97 Å². The van der Waals surface area contributed by atoms with Crippen molar-refractivity contribution in [1.29, 1.82) is 0 Å². The molecule has 1 aliphatic heterocycles. The van der Waals surface area contributed by atoms with Crippen LogP contribution in [0.25, 0.3) is 17.2 Å². The largest absolute Gasteiger partial charge is 0.495 e. The maximum Gasteiger partial charge on any atom is 0.341 e. The van der Waals surface area contributed by atoms with E-state index in [2.05, 4.69) is 4.90 Å². The van der Waals surface area contributed by atoms with Gasteiger partial charge in [-0.2, -0.15) is 0 Å². The number of carbonyl (C=O) groups excluding carboxylic acids is 1. The summed E-state index contributed by atoms with van der Waals surface area (Å²) in [5.74, 6) is -0.807. The summed E-state index contributed by atoms with van der Waals surface area (Å²) in [4.78, 5) is 15.4. The summed E-state index contributed by atoms with van der Waals surface area (Å²) in [7, 11) is -1.11. The van der Waals surface area contributed by atoms with Gasteiger partial charge in [0.2, 0.25) is 0 Å². The number of furan rings is 1. The quantitative estimate of drug-likeness (QED) is 0.366. The number of piperidine rings is 1. The molecule has 0 saturated carbocycles. The molecule has 0 spiro atoms. The highest BCUT2D eigenvalue weighted by atomic mass is 32.2. The average molecular weight is 510 g/mol. The minimum absolute atomic E-state index is 0.0837. The Labute approximate surface area is 212 Å². The minimum Gasteiger partial charge on any atom is -0.495 e. The van der Waals surface area contributed by atoms with Crippen LogP contribution < -0.4 is 4.74 Å². The second-order valence-corrected chi connectivity index (χ2v) is 10.7. The third kappa shape index (κ3) is 5.71. The first kappa shape index (κ1) is 25.7. The molecule has 0 bridgehead atoms. The molecule has 0 radical (unpaired) electrons. The Morgan fingerprint density at radius 3 is 2.53 bits per heavy atom. The van der Waals surface area contributed by atoms with Crippen molar-refractivity contribution < 1.29 is 27.1 Å². The van der Waals surface area contributed by atoms with E-state index in [9.17, 15) is 13.2 Å². The van der Waals surface area contributed by atoms with Crippen molar-refractivity contribution in [3.8, 4) is 16.9 Å². The third-order valence-corrected chi connectivity index (χ3v) is 8.11. The Hall–Kier alpha value is -3.36. The maximum atomic E-state index is 13.6. The molecular formula is C28H31NO6S. The van der Waals surface area contributed by atoms with E-state index in [1.54, 1.807) is 36.4 Å². The summed E-state index contributed by atoms with van der Waals surface area (Å²) >= 11 is 0. The zero-order valence-corrected chi connectivity index (χ0v) is 21.4. The van der Waals surface area contributed by atoms with Gasteiger partial charge in [0, 0.05) is 17.7 Å². The van der Waals surface area contributed by atoms with Crippen LogP contribution in [0.4, 0.5) is 0 Å². The van der Waals surface area contributed by atoms with Crippen LogP contribution in [0.1, 0.15) is 40.7 Å². The minimum atomic E-state index is -3.80. The van der Waals surface area contributed by atoms with E-state index >= 15 is 0 Å². The number of ether oxygens (including phenoxy) is 2. The number of methoxy groups -OCH3 is 2. The van der Waals surface area contributed by atoms with E-state index in [1.165, 1.54) is 46.0 Å². The van der Waals surface area contributed by atoms with Gasteiger partial charge in [0.15, 0.2) is 9.84 Å². The number of rotatable bonds is 9. The molecular weight excluding hydrogens is 478 g/mol. The first-order chi connectivity index (χ1) is 17.4. The molecule has 1 saturated heterocycles. The van der Waals surface area contributed by atoms with Gasteiger partial charge in [-0.1, -0.05) is 48.9 Å². The fourth-order valence-corrected chi connectivity index (χ4v) is 6.17. The smallest absolute Gasteiger partial charge is 0.341 e. The molecule has 8 heteroatoms. The van der Waals surface area contributed by atoms with Crippen molar-refractivity contribution in [2.75, 3.05) is 33.9 Å². The molecule has 0 amide bonds. The van der Waals surface area contributed by atoms with Crippen LogP contribution in [0, 0.1) is 0 Å². The molecule has 0 atom stereocenters. The summed E-state index contributed by atoms with van der Waals surface area (Å²) < 4.78 is 43.0. The van der Waals surface area contributed by atoms with Gasteiger partial charge in [-0.25, -0.2) is 13.2 Å². The highest BCUT2D eigenvalue weighted by molar-refractivity contribution is 7.90. The summed E-state index contributed by atoms with van der Waals surface area (Å²) in [6.45, 7) is 2.92. The van der Waals surface area contributed by atoms with Gasteiger partial charge in [0.25, 0.3) is 0 Å². The fourth-order valence-electron chi connectivity index (χ4n) is 4.58. The topological polar surface area (TPSA) is 86.1 Å².